The number of nitrogen functional groups attached to an aromatic ring is 1. The van der Waals surface area contributed by atoms with Gasteiger partial charge in [0.15, 0.2) is 0 Å². The molecule has 1 aliphatic heterocycles. The lowest BCUT2D eigenvalue weighted by atomic mass is 9.77. The molecule has 0 radical (unpaired) electrons. The van der Waals surface area contributed by atoms with Gasteiger partial charge >= 0.3 is 7.12 Å². The Hall–Kier alpha value is -5.75. The van der Waals surface area contributed by atoms with Gasteiger partial charge < -0.3 is 52.8 Å². The van der Waals surface area contributed by atoms with Crippen LogP contribution in [0, 0.1) is 65.5 Å². The summed E-state index contributed by atoms with van der Waals surface area (Å²) in [7, 11) is 4.38. The van der Waals surface area contributed by atoms with Crippen molar-refractivity contribution in [2.75, 3.05) is 27.1 Å². The van der Waals surface area contributed by atoms with Gasteiger partial charge in [-0.05, 0) is 143 Å². The number of nitro benzene ring substituents is 1. The minimum absolute atomic E-state index is 0.0880. The van der Waals surface area contributed by atoms with Crippen molar-refractivity contribution in [3.8, 4) is 39.5 Å². The first-order chi connectivity index (χ1) is 32.4. The number of aryl methyl sites for hydroxylation is 8. The maximum atomic E-state index is 10.4. The second-order valence-corrected chi connectivity index (χ2v) is 19.5. The zero-order chi connectivity index (χ0) is 51.0. The van der Waals surface area contributed by atoms with Gasteiger partial charge in [-0.15, -0.1) is 0 Å². The first-order valence-electron chi connectivity index (χ1n) is 21.2. The second-order valence-electron chi connectivity index (χ2n) is 17.0. The topological polar surface area (TPSA) is 251 Å². The molecule has 8 aromatic rings. The molecule has 1 saturated heterocycles. The van der Waals surface area contributed by atoms with E-state index in [9.17, 15) is 10.1 Å². The number of hydrogen-bond donors (Lipinski definition) is 3. The number of benzene rings is 3. The number of aromatic nitrogens is 7. The van der Waals surface area contributed by atoms with E-state index in [1.807, 2.05) is 95.2 Å². The average Bonchev–Trinajstić information content (AvgIpc) is 4.11. The van der Waals surface area contributed by atoms with E-state index in [-0.39, 0.29) is 29.7 Å². The van der Waals surface area contributed by atoms with E-state index in [0.717, 1.165) is 110 Å². The molecule has 69 heavy (non-hydrogen) atoms. The molecule has 366 valence electrons. The molecule has 0 amide bonds. The number of halogens is 3. The third kappa shape index (κ3) is 10.6. The Balaban J connectivity index is 0.000000159. The summed E-state index contributed by atoms with van der Waals surface area (Å²) in [5.41, 5.74) is 15.3. The quantitative estimate of drug-likeness (QED) is 0.0580. The fourth-order valence-corrected chi connectivity index (χ4v) is 9.65. The number of fused-ring (bicyclic) bond motifs is 2. The molecule has 1 aliphatic rings. The van der Waals surface area contributed by atoms with E-state index in [0.29, 0.717) is 16.0 Å². The molecule has 0 atom stereocenters. The molecule has 0 saturated carbocycles. The second kappa shape index (κ2) is 20.7. The largest absolute Gasteiger partial charge is 0.500 e. The summed E-state index contributed by atoms with van der Waals surface area (Å²) in [6.45, 7) is 23.4. The third-order valence-corrected chi connectivity index (χ3v) is 13.6. The van der Waals surface area contributed by atoms with Crippen LogP contribution in [-0.2, 0) is 9.31 Å². The van der Waals surface area contributed by atoms with Crippen LogP contribution in [0.5, 0.6) is 17.2 Å². The summed E-state index contributed by atoms with van der Waals surface area (Å²) in [5, 5.41) is 22.6. The van der Waals surface area contributed by atoms with Crippen LogP contribution in [0.1, 0.15) is 73.7 Å². The van der Waals surface area contributed by atoms with Gasteiger partial charge in [0.2, 0.25) is 0 Å². The monoisotopic (exact) mass is 1140 g/mol. The van der Waals surface area contributed by atoms with E-state index in [1.165, 1.54) is 19.2 Å². The predicted octanol–water partition coefficient (Wildman–Crippen LogP) is 11.4. The number of methoxy groups -OCH3 is 3. The Bertz CT molecular complexity index is 3120. The summed E-state index contributed by atoms with van der Waals surface area (Å²) < 4.78 is 46.1. The maximum Gasteiger partial charge on any atom is 0.500 e. The Morgan fingerprint density at radius 1 is 0.652 bits per heavy atom. The fourth-order valence-electron chi connectivity index (χ4n) is 7.63. The number of H-pyrrole nitrogens is 2. The summed E-state index contributed by atoms with van der Waals surface area (Å²) in [6, 6.07) is 6.71. The van der Waals surface area contributed by atoms with Crippen molar-refractivity contribution >= 4 is 93.8 Å². The normalized spacial score (nSPS) is 13.6. The molecule has 4 N–H and O–H groups in total. The van der Waals surface area contributed by atoms with Gasteiger partial charge in [0, 0.05) is 23.2 Å². The molecule has 6 heterocycles. The number of aromatic amines is 2. The Labute approximate surface area is 423 Å². The lowest BCUT2D eigenvalue weighted by Gasteiger charge is -2.32. The molecule has 9 rings (SSSR count). The number of nitro groups is 1. The van der Waals surface area contributed by atoms with Crippen molar-refractivity contribution < 1.29 is 42.0 Å². The van der Waals surface area contributed by atoms with Gasteiger partial charge in [-0.2, -0.15) is 0 Å². The van der Waals surface area contributed by atoms with Gasteiger partial charge in [0.25, 0.3) is 5.69 Å². The first-order valence-corrected chi connectivity index (χ1v) is 23.6. The number of nitrogens with one attached hydrogen (secondary N) is 2. The minimum atomic E-state index is -0.542. The van der Waals surface area contributed by atoms with Crippen LogP contribution >= 0.6 is 47.8 Å². The van der Waals surface area contributed by atoms with E-state index in [2.05, 4.69) is 83.2 Å². The minimum Gasteiger partial charge on any atom is -0.495 e. The van der Waals surface area contributed by atoms with Crippen LogP contribution in [0.25, 0.3) is 44.3 Å². The highest BCUT2D eigenvalue weighted by atomic mass is 79.9. The SMILES string of the molecule is COc1c(-c2c(C)noc2C)cc2[nH]c(C)nc2c1-c1c(C)noc1C.COc1c(Br)cc2[nH]c(C)nc2c1Br.COc1cc(N)c([N+](=O)[O-])cc1Br.Cc1noc(C)c1B1OC(C)(C)C(C)(C)O1. The predicted molar refractivity (Wildman–Crippen MR) is 274 cm³/mol. The highest BCUT2D eigenvalue weighted by Crippen LogP contribution is 2.47. The van der Waals surface area contributed by atoms with Crippen molar-refractivity contribution in [3.63, 3.8) is 0 Å². The van der Waals surface area contributed by atoms with E-state index in [4.69, 9.17) is 42.8 Å². The van der Waals surface area contributed by atoms with Gasteiger partial charge in [-0.1, -0.05) is 15.5 Å². The van der Waals surface area contributed by atoms with E-state index >= 15 is 0 Å². The summed E-state index contributed by atoms with van der Waals surface area (Å²) in [6.07, 6.45) is 0. The number of rotatable bonds is 7. The van der Waals surface area contributed by atoms with Gasteiger partial charge in [-0.25, -0.2) is 9.97 Å². The molecular weight excluding hydrogens is 1090 g/mol. The lowest BCUT2D eigenvalue weighted by Crippen LogP contribution is -2.41. The summed E-state index contributed by atoms with van der Waals surface area (Å²) in [4.78, 5) is 25.4. The van der Waals surface area contributed by atoms with Gasteiger partial charge in [0.1, 0.15) is 62.9 Å². The molecule has 1 fully saturated rings. The molecule has 0 unspecified atom stereocenters. The van der Waals surface area contributed by atoms with Crippen molar-refractivity contribution in [1.82, 2.24) is 35.4 Å². The summed E-state index contributed by atoms with van der Waals surface area (Å²) in [5.74, 6) is 5.88. The molecule has 19 nitrogen and oxygen atoms in total. The summed E-state index contributed by atoms with van der Waals surface area (Å²) >= 11 is 10.0. The molecule has 0 aliphatic carbocycles. The van der Waals surface area contributed by atoms with Crippen molar-refractivity contribution in [2.24, 2.45) is 0 Å². The third-order valence-electron chi connectivity index (χ3n) is 11.7. The van der Waals surface area contributed by atoms with E-state index < -0.39 is 4.92 Å². The molecule has 0 bridgehead atoms. The smallest absolute Gasteiger partial charge is 0.495 e. The van der Waals surface area contributed by atoms with Gasteiger partial charge in [-0.3, -0.25) is 10.1 Å². The first kappa shape index (κ1) is 52.6. The Morgan fingerprint density at radius 2 is 1.16 bits per heavy atom. The zero-order valence-corrected chi connectivity index (χ0v) is 45.6. The van der Waals surface area contributed by atoms with Crippen LogP contribution in [-0.4, -0.2) is 80.0 Å². The number of nitrogens with two attached hydrogens (primary N) is 1. The van der Waals surface area contributed by atoms with Gasteiger partial charge in [0.05, 0.1) is 95.7 Å². The number of nitrogens with zero attached hydrogens (tertiary/aromatic N) is 6. The highest BCUT2D eigenvalue weighted by molar-refractivity contribution is 9.11. The zero-order valence-electron chi connectivity index (χ0n) is 40.9. The fraction of sp³-hybridized carbons (Fsp3) is 0.370. The molecular formula is C46H53BBr3N9O10. The Morgan fingerprint density at radius 3 is 1.64 bits per heavy atom. The Kier molecular flexibility index (Phi) is 15.8. The highest BCUT2D eigenvalue weighted by Gasteiger charge is 2.53. The van der Waals surface area contributed by atoms with Crippen LogP contribution in [0.15, 0.2) is 51.3 Å². The molecule has 5 aromatic heterocycles. The number of anilines is 1. The average molecular weight is 1140 g/mol. The van der Waals surface area contributed by atoms with Crippen LogP contribution < -0.4 is 25.4 Å². The lowest BCUT2D eigenvalue weighted by molar-refractivity contribution is -0.384. The standard InChI is InChI=1S/C19H20N4O3.C11H18BNO3.C9H8Br2N2O.C7H7BrN2O3/c1-8-15(10(3)25-22-8)13-7-14-18(21-12(5)20-14)17(19(13)24-6)16-9(2)23-26-11(16)4;1-7-9(8(2)14-13-7)12-15-10(3,4)11(5,6)16-12;1-4-12-6-3-5(10)9(14-2)7(11)8(6)13-4;1-13-7-3-5(9)6(10(11)12)2-4(7)8/h7H,1-6H3,(H,20,21);1-6H3;3H,1-2H3,(H,12,13);2-3H,9H2,1H3. The maximum absolute atomic E-state index is 10.4. The number of imidazole rings is 2. The van der Waals surface area contributed by atoms with Crippen molar-refractivity contribution in [3.05, 3.63) is 93.8 Å². The van der Waals surface area contributed by atoms with Crippen LogP contribution in [0.2, 0.25) is 0 Å². The van der Waals surface area contributed by atoms with Crippen LogP contribution in [0.3, 0.4) is 0 Å². The van der Waals surface area contributed by atoms with E-state index in [1.54, 1.807) is 14.2 Å². The van der Waals surface area contributed by atoms with Crippen molar-refractivity contribution in [2.45, 2.75) is 94.3 Å². The number of hydrogen-bond acceptors (Lipinski definition) is 16. The van der Waals surface area contributed by atoms with Crippen LogP contribution in [0.4, 0.5) is 11.4 Å². The molecule has 23 heteroatoms. The van der Waals surface area contributed by atoms with Crippen molar-refractivity contribution in [1.29, 1.82) is 0 Å². The molecule has 0 spiro atoms. The molecule has 3 aromatic carbocycles. The number of ether oxygens (including phenoxy) is 3.